The van der Waals surface area contributed by atoms with Crippen molar-refractivity contribution in [3.8, 4) is 0 Å². The van der Waals surface area contributed by atoms with Crippen molar-refractivity contribution in [2.45, 2.75) is 18.9 Å². The number of anilines is 1. The Morgan fingerprint density at radius 2 is 2.21 bits per heavy atom. The highest BCUT2D eigenvalue weighted by Gasteiger charge is 2.22. The van der Waals surface area contributed by atoms with Crippen LogP contribution in [0.2, 0.25) is 0 Å². The summed E-state index contributed by atoms with van der Waals surface area (Å²) in [6.07, 6.45) is 0.268. The van der Waals surface area contributed by atoms with Gasteiger partial charge in [-0.05, 0) is 12.1 Å². The molecule has 0 saturated carbocycles. The molecule has 6 heteroatoms. The van der Waals surface area contributed by atoms with E-state index >= 15 is 0 Å². The Morgan fingerprint density at radius 3 is 2.64 bits per heavy atom. The van der Waals surface area contributed by atoms with E-state index in [9.17, 15) is 5.11 Å². The van der Waals surface area contributed by atoms with Crippen LogP contribution in [0.25, 0.3) is 0 Å². The summed E-state index contributed by atoms with van der Waals surface area (Å²) in [7, 11) is 3.63. The monoisotopic (exact) mass is 200 g/mol. The van der Waals surface area contributed by atoms with Crippen LogP contribution < -0.4 is 10.6 Å². The Kier molecular flexibility index (Phi) is 3.07. The van der Waals surface area contributed by atoms with Gasteiger partial charge in [0.1, 0.15) is 0 Å². The fourth-order valence-corrected chi connectivity index (χ4v) is 0.897. The van der Waals surface area contributed by atoms with Crippen LogP contribution in [0.5, 0.6) is 0 Å². The van der Waals surface area contributed by atoms with Crippen LogP contribution in [0.3, 0.4) is 0 Å². The van der Waals surface area contributed by atoms with Gasteiger partial charge in [-0.1, -0.05) is 0 Å². The lowest BCUT2D eigenvalue weighted by atomic mass is 10.0. The quantitative estimate of drug-likeness (QED) is 0.674. The largest absolute Gasteiger partial charge is 0.388 e. The van der Waals surface area contributed by atoms with Crippen LogP contribution in [0.4, 0.5) is 5.95 Å². The average Bonchev–Trinajstić information content (AvgIpc) is 2.52. The normalized spacial score (nSPS) is 15.2. The number of nitrogens with zero attached hydrogens (tertiary/aromatic N) is 3. The first-order valence-corrected chi connectivity index (χ1v) is 4.37. The van der Waals surface area contributed by atoms with Crippen LogP contribution in [0, 0.1) is 0 Å². The molecule has 0 amide bonds. The van der Waals surface area contributed by atoms with Crippen molar-refractivity contribution in [3.63, 3.8) is 0 Å². The minimum Gasteiger partial charge on any atom is -0.388 e. The zero-order chi connectivity index (χ0) is 10.8. The average molecular weight is 200 g/mol. The highest BCUT2D eigenvalue weighted by atomic mass is 16.5. The van der Waals surface area contributed by atoms with Crippen molar-refractivity contribution in [1.29, 1.82) is 0 Å². The predicted molar refractivity (Wildman–Crippen MR) is 52.0 cm³/mol. The first kappa shape index (κ1) is 10.9. The van der Waals surface area contributed by atoms with Crippen molar-refractivity contribution in [1.82, 2.24) is 10.1 Å². The molecule has 0 aliphatic heterocycles. The summed E-state index contributed by atoms with van der Waals surface area (Å²) in [4.78, 5) is 5.80. The van der Waals surface area contributed by atoms with E-state index in [0.717, 1.165) is 0 Å². The van der Waals surface area contributed by atoms with Gasteiger partial charge in [-0.15, -0.1) is 0 Å². The van der Waals surface area contributed by atoms with Crippen molar-refractivity contribution in [3.05, 3.63) is 5.89 Å². The highest BCUT2D eigenvalue weighted by Crippen LogP contribution is 2.12. The highest BCUT2D eigenvalue weighted by molar-refractivity contribution is 5.23. The van der Waals surface area contributed by atoms with Gasteiger partial charge in [0.15, 0.2) is 0 Å². The molecule has 1 aromatic rings. The lowest BCUT2D eigenvalue weighted by Crippen LogP contribution is -2.36. The molecule has 0 aliphatic rings. The van der Waals surface area contributed by atoms with E-state index in [2.05, 4.69) is 10.1 Å². The van der Waals surface area contributed by atoms with Gasteiger partial charge in [0.05, 0.1) is 12.0 Å². The molecule has 0 fully saturated rings. The van der Waals surface area contributed by atoms with Crippen molar-refractivity contribution in [2.24, 2.45) is 5.73 Å². The zero-order valence-corrected chi connectivity index (χ0v) is 8.69. The first-order chi connectivity index (χ1) is 6.44. The molecule has 1 aromatic heterocycles. The van der Waals surface area contributed by atoms with Gasteiger partial charge < -0.3 is 20.3 Å². The molecule has 1 rings (SSSR count). The smallest absolute Gasteiger partial charge is 0.265 e. The lowest BCUT2D eigenvalue weighted by molar-refractivity contribution is 0.0610. The molecule has 0 saturated heterocycles. The summed E-state index contributed by atoms with van der Waals surface area (Å²) in [6.45, 7) is 1.79. The molecule has 6 nitrogen and oxygen atoms in total. The van der Waals surface area contributed by atoms with E-state index in [-0.39, 0.29) is 13.0 Å². The summed E-state index contributed by atoms with van der Waals surface area (Å²) in [5.74, 6) is 0.886. The Balaban J connectivity index is 2.69. The van der Waals surface area contributed by atoms with Gasteiger partial charge >= 0.3 is 0 Å². The van der Waals surface area contributed by atoms with Gasteiger partial charge in [-0.25, -0.2) is 0 Å². The number of hydrogen-bond acceptors (Lipinski definition) is 6. The third-order valence-corrected chi connectivity index (χ3v) is 1.83. The fraction of sp³-hybridized carbons (Fsp3) is 0.750. The van der Waals surface area contributed by atoms with Crippen LogP contribution in [0.15, 0.2) is 4.52 Å². The molecule has 0 aromatic carbocycles. The topological polar surface area (TPSA) is 88.4 Å². The second-order valence-electron chi connectivity index (χ2n) is 3.76. The van der Waals surface area contributed by atoms with Crippen LogP contribution in [-0.2, 0) is 6.42 Å². The van der Waals surface area contributed by atoms with E-state index in [0.29, 0.717) is 11.8 Å². The summed E-state index contributed by atoms with van der Waals surface area (Å²) >= 11 is 0. The van der Waals surface area contributed by atoms with Gasteiger partial charge in [0, 0.05) is 20.6 Å². The Labute approximate surface area is 82.7 Å². The minimum absolute atomic E-state index is 0.159. The molecule has 14 heavy (non-hydrogen) atoms. The van der Waals surface area contributed by atoms with E-state index in [1.807, 2.05) is 14.1 Å². The van der Waals surface area contributed by atoms with Crippen molar-refractivity contribution in [2.75, 3.05) is 25.5 Å². The van der Waals surface area contributed by atoms with Crippen LogP contribution in [0.1, 0.15) is 12.8 Å². The molecule has 0 aliphatic carbocycles. The second-order valence-corrected chi connectivity index (χ2v) is 3.76. The molecule has 0 radical (unpaired) electrons. The Bertz CT molecular complexity index is 295. The maximum atomic E-state index is 9.66. The summed E-state index contributed by atoms with van der Waals surface area (Å²) in [5.41, 5.74) is 4.38. The standard InChI is InChI=1S/C8H16N4O2/c1-8(13,5-9)4-6-10-7(11-14-6)12(2)3/h13H,4-5,9H2,1-3H3. The van der Waals surface area contributed by atoms with E-state index in [1.54, 1.807) is 11.8 Å². The molecule has 1 unspecified atom stereocenters. The van der Waals surface area contributed by atoms with Crippen molar-refractivity contribution < 1.29 is 9.63 Å². The number of aromatic nitrogens is 2. The van der Waals surface area contributed by atoms with E-state index in [4.69, 9.17) is 10.3 Å². The summed E-state index contributed by atoms with van der Waals surface area (Å²) in [5, 5.41) is 13.4. The number of nitrogens with two attached hydrogens (primary N) is 1. The van der Waals surface area contributed by atoms with Gasteiger partial charge in [-0.3, -0.25) is 0 Å². The minimum atomic E-state index is -0.990. The number of rotatable bonds is 4. The third kappa shape index (κ3) is 2.68. The maximum absolute atomic E-state index is 9.66. The first-order valence-electron chi connectivity index (χ1n) is 4.37. The van der Waals surface area contributed by atoms with E-state index in [1.165, 1.54) is 0 Å². The second kappa shape index (κ2) is 3.93. The third-order valence-electron chi connectivity index (χ3n) is 1.83. The SMILES string of the molecule is CN(C)c1noc(CC(C)(O)CN)n1. The molecule has 3 N–H and O–H groups in total. The van der Waals surface area contributed by atoms with Gasteiger partial charge in [0.25, 0.3) is 5.95 Å². The molecule has 0 spiro atoms. The molecule has 0 bridgehead atoms. The molecule has 1 atom stereocenters. The van der Waals surface area contributed by atoms with Crippen molar-refractivity contribution >= 4 is 5.95 Å². The fourth-order valence-electron chi connectivity index (χ4n) is 0.897. The van der Waals surface area contributed by atoms with E-state index < -0.39 is 5.60 Å². The number of aliphatic hydroxyl groups is 1. The van der Waals surface area contributed by atoms with Gasteiger partial charge in [-0.2, -0.15) is 4.98 Å². The summed E-state index contributed by atoms with van der Waals surface area (Å²) in [6, 6.07) is 0. The van der Waals surface area contributed by atoms with Crippen LogP contribution >= 0.6 is 0 Å². The van der Waals surface area contributed by atoms with Gasteiger partial charge in [0.2, 0.25) is 5.89 Å². The van der Waals surface area contributed by atoms with Crippen LogP contribution in [-0.4, -0.2) is 41.5 Å². The lowest BCUT2D eigenvalue weighted by Gasteiger charge is -2.17. The predicted octanol–water partition coefficient (Wildman–Crippen LogP) is -0.612. The molecular formula is C8H16N4O2. The molecule has 1 heterocycles. The maximum Gasteiger partial charge on any atom is 0.265 e. The zero-order valence-electron chi connectivity index (χ0n) is 8.69. The summed E-state index contributed by atoms with van der Waals surface area (Å²) < 4.78 is 4.95. The Hall–Kier alpha value is -1.14. The molecular weight excluding hydrogens is 184 g/mol. The molecule has 80 valence electrons. The Morgan fingerprint density at radius 1 is 1.57 bits per heavy atom. The number of hydrogen-bond donors (Lipinski definition) is 2.